The van der Waals surface area contributed by atoms with E-state index in [1.165, 1.54) is 11.1 Å². The van der Waals surface area contributed by atoms with Crippen molar-refractivity contribution in [1.82, 2.24) is 20.0 Å². The minimum atomic E-state index is -0.709. The van der Waals surface area contributed by atoms with Crippen LogP contribution >= 0.6 is 0 Å². The fraction of sp³-hybridized carbons (Fsp3) is 0.409. The van der Waals surface area contributed by atoms with E-state index in [-0.39, 0.29) is 31.0 Å². The summed E-state index contributed by atoms with van der Waals surface area (Å²) in [5.41, 5.74) is 0.745. The molecule has 2 N–H and O–H groups in total. The van der Waals surface area contributed by atoms with Crippen molar-refractivity contribution in [2.75, 3.05) is 18.4 Å². The second-order valence-electron chi connectivity index (χ2n) is 8.51. The van der Waals surface area contributed by atoms with Gasteiger partial charge >= 0.3 is 0 Å². The number of nitrogens with zero attached hydrogens (tertiary/aromatic N) is 4. The number of anilines is 1. The van der Waals surface area contributed by atoms with E-state index in [0.717, 1.165) is 0 Å². The Hall–Kier alpha value is -3.67. The molecule has 1 fully saturated rings. The van der Waals surface area contributed by atoms with Gasteiger partial charge in [0.25, 0.3) is 5.91 Å². The molecule has 3 amide bonds. The molecule has 9 nitrogen and oxygen atoms in total. The predicted octanol–water partition coefficient (Wildman–Crippen LogP) is 1.75. The summed E-state index contributed by atoms with van der Waals surface area (Å²) in [7, 11) is 0. The smallest absolute Gasteiger partial charge is 0.254 e. The van der Waals surface area contributed by atoms with Crippen LogP contribution in [0.2, 0.25) is 0 Å². The van der Waals surface area contributed by atoms with Crippen molar-refractivity contribution >= 4 is 23.4 Å². The Kier molecular flexibility index (Phi) is 6.39. The van der Waals surface area contributed by atoms with Gasteiger partial charge in [-0.25, -0.2) is 0 Å². The molecule has 1 aliphatic rings. The lowest BCUT2D eigenvalue weighted by molar-refractivity contribution is -0.130. The van der Waals surface area contributed by atoms with Crippen LogP contribution in [0.3, 0.4) is 0 Å². The van der Waals surface area contributed by atoms with Gasteiger partial charge in [0.15, 0.2) is 0 Å². The van der Waals surface area contributed by atoms with Crippen LogP contribution < -0.4 is 10.6 Å². The highest BCUT2D eigenvalue weighted by Crippen LogP contribution is 2.24. The molecule has 1 saturated heterocycles. The van der Waals surface area contributed by atoms with Gasteiger partial charge in [-0.15, -0.1) is 0 Å². The summed E-state index contributed by atoms with van der Waals surface area (Å²) in [4.78, 5) is 38.9. The van der Waals surface area contributed by atoms with Crippen molar-refractivity contribution in [3.8, 4) is 6.07 Å². The fourth-order valence-corrected chi connectivity index (χ4v) is 3.36. The lowest BCUT2D eigenvalue weighted by atomic mass is 10.1. The number of aromatic nitrogens is 2. The number of hydrogen-bond donors (Lipinski definition) is 2. The van der Waals surface area contributed by atoms with Crippen LogP contribution in [0.1, 0.15) is 37.6 Å². The van der Waals surface area contributed by atoms with Gasteiger partial charge in [-0.3, -0.25) is 19.1 Å². The summed E-state index contributed by atoms with van der Waals surface area (Å²) in [5.74, 6) is -1.55. The third kappa shape index (κ3) is 5.28. The van der Waals surface area contributed by atoms with Gasteiger partial charge in [-0.2, -0.15) is 10.4 Å². The van der Waals surface area contributed by atoms with E-state index in [4.69, 9.17) is 0 Å². The maximum Gasteiger partial charge on any atom is 0.254 e. The first-order valence-electron chi connectivity index (χ1n) is 10.1. The SMILES string of the molecule is CC(C)(C)n1cc(C(=O)NCC(=O)N2CC(C(=O)Nc3ccccc3)CC2C#N)cn1. The Labute approximate surface area is 181 Å². The topological polar surface area (TPSA) is 120 Å². The van der Waals surface area contributed by atoms with Crippen molar-refractivity contribution in [2.24, 2.45) is 5.92 Å². The third-order valence-electron chi connectivity index (χ3n) is 5.11. The fourth-order valence-electron chi connectivity index (χ4n) is 3.36. The molecule has 2 unspecified atom stereocenters. The molecule has 0 aliphatic carbocycles. The van der Waals surface area contributed by atoms with Gasteiger partial charge in [0.2, 0.25) is 11.8 Å². The molecule has 1 aromatic carbocycles. The third-order valence-corrected chi connectivity index (χ3v) is 5.11. The predicted molar refractivity (Wildman–Crippen MR) is 114 cm³/mol. The number of para-hydroxylation sites is 1. The summed E-state index contributed by atoms with van der Waals surface area (Å²) >= 11 is 0. The number of hydrogen-bond acceptors (Lipinski definition) is 5. The quantitative estimate of drug-likeness (QED) is 0.761. The number of benzene rings is 1. The number of rotatable bonds is 5. The van der Waals surface area contributed by atoms with Gasteiger partial charge in [-0.05, 0) is 39.3 Å². The number of likely N-dealkylation sites (tertiary alicyclic amines) is 1. The van der Waals surface area contributed by atoms with Gasteiger partial charge in [0, 0.05) is 18.4 Å². The number of amides is 3. The molecule has 3 rings (SSSR count). The second kappa shape index (κ2) is 9.00. The zero-order chi connectivity index (χ0) is 22.6. The first-order chi connectivity index (χ1) is 14.7. The molecule has 2 heterocycles. The summed E-state index contributed by atoms with van der Waals surface area (Å²) < 4.78 is 1.67. The zero-order valence-electron chi connectivity index (χ0n) is 17.8. The van der Waals surface area contributed by atoms with Crippen molar-refractivity contribution in [3.05, 3.63) is 48.3 Å². The normalized spacial score (nSPS) is 18.3. The molecule has 1 aliphatic heterocycles. The van der Waals surface area contributed by atoms with Gasteiger partial charge in [0.1, 0.15) is 6.04 Å². The standard InChI is InChI=1S/C22H26N6O3/c1-22(2,3)28-14-16(11-25-28)20(30)24-12-19(29)27-13-15(9-18(27)10-23)21(31)26-17-7-5-4-6-8-17/h4-8,11,14-15,18H,9,12-13H2,1-3H3,(H,24,30)(H,26,31). The van der Waals surface area contributed by atoms with Crippen LogP contribution in [0.15, 0.2) is 42.7 Å². The van der Waals surface area contributed by atoms with Crippen molar-refractivity contribution in [3.63, 3.8) is 0 Å². The average Bonchev–Trinajstić information content (AvgIpc) is 3.40. The van der Waals surface area contributed by atoms with Crippen molar-refractivity contribution in [2.45, 2.75) is 38.8 Å². The summed E-state index contributed by atoms with van der Waals surface area (Å²) in [6.07, 6.45) is 3.33. The van der Waals surface area contributed by atoms with E-state index in [9.17, 15) is 19.6 Å². The van der Waals surface area contributed by atoms with Crippen LogP contribution in [0, 0.1) is 17.2 Å². The van der Waals surface area contributed by atoms with Gasteiger partial charge in [0.05, 0.1) is 35.8 Å². The number of nitrogens with one attached hydrogen (secondary N) is 2. The molecule has 2 atom stereocenters. The molecule has 31 heavy (non-hydrogen) atoms. The highest BCUT2D eigenvalue weighted by Gasteiger charge is 2.38. The monoisotopic (exact) mass is 422 g/mol. The number of nitriles is 1. The maximum atomic E-state index is 12.6. The Morgan fingerprint density at radius 1 is 1.23 bits per heavy atom. The van der Waals surface area contributed by atoms with E-state index in [2.05, 4.69) is 21.8 Å². The highest BCUT2D eigenvalue weighted by molar-refractivity contribution is 5.97. The molecule has 0 bridgehead atoms. The van der Waals surface area contributed by atoms with E-state index in [0.29, 0.717) is 11.3 Å². The molecule has 0 saturated carbocycles. The van der Waals surface area contributed by atoms with Crippen LogP contribution in [0.25, 0.3) is 0 Å². The Bertz CT molecular complexity index is 1000. The minimum absolute atomic E-state index is 0.132. The molecule has 2 aromatic rings. The molecular formula is C22H26N6O3. The van der Waals surface area contributed by atoms with Gasteiger partial charge in [-0.1, -0.05) is 18.2 Å². The first-order valence-corrected chi connectivity index (χ1v) is 10.1. The highest BCUT2D eigenvalue weighted by atomic mass is 16.2. The molecule has 162 valence electrons. The van der Waals surface area contributed by atoms with Crippen LogP contribution in [0.4, 0.5) is 5.69 Å². The Balaban J connectivity index is 1.57. The summed E-state index contributed by atoms with van der Waals surface area (Å²) in [6.45, 7) is 5.76. The first kappa shape index (κ1) is 22.0. The van der Waals surface area contributed by atoms with Crippen LogP contribution in [-0.2, 0) is 15.1 Å². The van der Waals surface area contributed by atoms with Crippen molar-refractivity contribution < 1.29 is 14.4 Å². The van der Waals surface area contributed by atoms with E-state index in [1.54, 1.807) is 23.0 Å². The molecule has 9 heteroatoms. The second-order valence-corrected chi connectivity index (χ2v) is 8.51. The summed E-state index contributed by atoms with van der Waals surface area (Å²) in [5, 5.41) is 19.0. The maximum absolute atomic E-state index is 12.6. The van der Waals surface area contributed by atoms with E-state index in [1.807, 2.05) is 39.0 Å². The molecule has 1 aromatic heterocycles. The lowest BCUT2D eigenvalue weighted by Gasteiger charge is -2.20. The van der Waals surface area contributed by atoms with E-state index >= 15 is 0 Å². The zero-order valence-corrected chi connectivity index (χ0v) is 17.8. The van der Waals surface area contributed by atoms with E-state index < -0.39 is 23.8 Å². The largest absolute Gasteiger partial charge is 0.343 e. The molecular weight excluding hydrogens is 396 g/mol. The Morgan fingerprint density at radius 2 is 1.94 bits per heavy atom. The lowest BCUT2D eigenvalue weighted by Crippen LogP contribution is -2.42. The number of carbonyl (C=O) groups is 3. The minimum Gasteiger partial charge on any atom is -0.343 e. The van der Waals surface area contributed by atoms with Crippen molar-refractivity contribution in [1.29, 1.82) is 5.26 Å². The number of carbonyl (C=O) groups excluding carboxylic acids is 3. The van der Waals surface area contributed by atoms with Gasteiger partial charge < -0.3 is 15.5 Å². The Morgan fingerprint density at radius 3 is 2.55 bits per heavy atom. The molecule has 0 spiro atoms. The van der Waals surface area contributed by atoms with Crippen LogP contribution in [0.5, 0.6) is 0 Å². The average molecular weight is 422 g/mol. The van der Waals surface area contributed by atoms with Crippen LogP contribution in [-0.4, -0.2) is 51.5 Å². The molecule has 0 radical (unpaired) electrons. The summed E-state index contributed by atoms with van der Waals surface area (Å²) in [6, 6.07) is 10.4.